The summed E-state index contributed by atoms with van der Waals surface area (Å²) in [4.78, 5) is 0. The Kier molecular flexibility index (Phi) is 2.87. The van der Waals surface area contributed by atoms with Crippen molar-refractivity contribution in [3.8, 4) is 0 Å². The lowest BCUT2D eigenvalue weighted by atomic mass is 9.87. The third-order valence-electron chi connectivity index (χ3n) is 2.55. The average Bonchev–Trinajstić information content (AvgIpc) is 2.01. The van der Waals surface area contributed by atoms with E-state index in [0.717, 1.165) is 32.1 Å². The molecule has 0 spiro atoms. The topological polar surface area (TPSA) is 0 Å². The van der Waals surface area contributed by atoms with Crippen molar-refractivity contribution >= 4 is 10.2 Å². The Morgan fingerprint density at radius 1 is 0.933 bits per heavy atom. The van der Waals surface area contributed by atoms with Crippen molar-refractivity contribution in [3.63, 3.8) is 0 Å². The Bertz CT molecular complexity index is 245. The molecule has 0 N–H and O–H groups in total. The summed E-state index contributed by atoms with van der Waals surface area (Å²) >= 11 is 0. The first kappa shape index (κ1) is 12.8. The zero-order valence-electron chi connectivity index (χ0n) is 8.27. The lowest BCUT2D eigenvalue weighted by Crippen LogP contribution is -2.05. The molecule has 0 radical (unpaired) electrons. The summed E-state index contributed by atoms with van der Waals surface area (Å²) in [6.07, 6.45) is 5.50. The fourth-order valence-corrected chi connectivity index (χ4v) is 2.33. The van der Waals surface area contributed by atoms with Gasteiger partial charge >= 0.3 is 10.2 Å². The van der Waals surface area contributed by atoms with Crippen molar-refractivity contribution in [2.24, 2.45) is 5.92 Å². The molecule has 0 saturated heterocycles. The fourth-order valence-electron chi connectivity index (χ4n) is 1.85. The van der Waals surface area contributed by atoms with E-state index in [-0.39, 0.29) is 12.3 Å². The summed E-state index contributed by atoms with van der Waals surface area (Å²) in [6.45, 7) is 0. The first-order valence-electron chi connectivity index (χ1n) is 4.97. The van der Waals surface area contributed by atoms with Crippen LogP contribution in [0.3, 0.4) is 0 Å². The number of hydrogen-bond donors (Lipinski definition) is 0. The highest BCUT2D eigenvalue weighted by Crippen LogP contribution is 2.99. The summed E-state index contributed by atoms with van der Waals surface area (Å²) in [5.41, 5.74) is 0. The lowest BCUT2D eigenvalue weighted by Gasteiger charge is -2.36. The van der Waals surface area contributed by atoms with Gasteiger partial charge in [0.25, 0.3) is 0 Å². The normalized spacial score (nSPS) is 25.1. The van der Waals surface area contributed by atoms with Crippen molar-refractivity contribution in [2.45, 2.75) is 38.5 Å². The molecule has 15 heavy (non-hydrogen) atoms. The van der Waals surface area contributed by atoms with Gasteiger partial charge in [-0.25, -0.2) is 0 Å². The van der Waals surface area contributed by atoms with Gasteiger partial charge in [-0.05, 0) is 12.3 Å². The summed E-state index contributed by atoms with van der Waals surface area (Å²) < 4.78 is 59.4. The highest BCUT2D eigenvalue weighted by Gasteiger charge is 2.60. The Morgan fingerprint density at radius 2 is 1.47 bits per heavy atom. The molecule has 1 rings (SSSR count). The molecule has 0 nitrogen and oxygen atoms in total. The third kappa shape index (κ3) is 6.76. The van der Waals surface area contributed by atoms with E-state index in [1.807, 2.05) is 0 Å². The molecule has 6 heteroatoms. The summed E-state index contributed by atoms with van der Waals surface area (Å²) in [5, 5.41) is -0.811. The van der Waals surface area contributed by atoms with Crippen molar-refractivity contribution in [1.29, 1.82) is 0 Å². The second kappa shape index (κ2) is 3.37. The van der Waals surface area contributed by atoms with Crippen LogP contribution in [0.1, 0.15) is 38.5 Å². The van der Waals surface area contributed by atoms with Gasteiger partial charge in [-0.15, -0.1) is 0 Å². The van der Waals surface area contributed by atoms with Crippen molar-refractivity contribution in [2.75, 3.05) is 0 Å². The van der Waals surface area contributed by atoms with Gasteiger partial charge in [0.1, 0.15) is 0 Å². The van der Waals surface area contributed by atoms with Crippen LogP contribution < -0.4 is 0 Å². The highest BCUT2D eigenvalue weighted by molar-refractivity contribution is 8.48. The predicted octanol–water partition coefficient (Wildman–Crippen LogP) is 5.77. The van der Waals surface area contributed by atoms with Crippen LogP contribution in [-0.2, 0) is 0 Å². The molecular weight excluding hydrogens is 235 g/mol. The molecule has 0 aliphatic heterocycles. The number of allylic oxidation sites excluding steroid dienone is 1. The van der Waals surface area contributed by atoms with E-state index in [1.54, 1.807) is 0 Å². The van der Waals surface area contributed by atoms with Gasteiger partial charge in [0.15, 0.2) is 0 Å². The van der Waals surface area contributed by atoms with Crippen LogP contribution in [0.15, 0.2) is 11.5 Å². The molecule has 0 bridgehead atoms. The number of halogens is 5. The summed E-state index contributed by atoms with van der Waals surface area (Å²) in [5.74, 6) is 0.148. The summed E-state index contributed by atoms with van der Waals surface area (Å²) in [7, 11) is -9.31. The van der Waals surface area contributed by atoms with E-state index in [0.29, 0.717) is 6.08 Å². The minimum absolute atomic E-state index is 0.117. The highest BCUT2D eigenvalue weighted by atomic mass is 32.5. The van der Waals surface area contributed by atoms with Gasteiger partial charge in [-0.1, -0.05) is 57.6 Å². The van der Waals surface area contributed by atoms with E-state index in [4.69, 9.17) is 0 Å². The van der Waals surface area contributed by atoms with Gasteiger partial charge in [0.2, 0.25) is 0 Å². The molecule has 0 atom stereocenters. The maximum Gasteiger partial charge on any atom is 0.304 e. The van der Waals surface area contributed by atoms with Crippen LogP contribution in [0.5, 0.6) is 0 Å². The smallest absolute Gasteiger partial charge is 0.0942 e. The van der Waals surface area contributed by atoms with Gasteiger partial charge in [-0.2, -0.15) is 0 Å². The van der Waals surface area contributed by atoms with Crippen LogP contribution in [0.25, 0.3) is 0 Å². The van der Waals surface area contributed by atoms with E-state index in [9.17, 15) is 19.4 Å². The Hall–Kier alpha value is -0.260. The Balaban J connectivity index is 2.46. The quantitative estimate of drug-likeness (QED) is 0.558. The second-order valence-corrected chi connectivity index (χ2v) is 6.47. The molecule has 1 saturated carbocycles. The molecule has 0 aromatic rings. The minimum atomic E-state index is -9.31. The number of hydrogen-bond acceptors (Lipinski definition) is 0. The van der Waals surface area contributed by atoms with Crippen molar-refractivity contribution in [3.05, 3.63) is 11.5 Å². The van der Waals surface area contributed by atoms with Crippen LogP contribution in [0, 0.1) is 5.92 Å². The van der Waals surface area contributed by atoms with Crippen LogP contribution in [0.4, 0.5) is 19.4 Å². The predicted molar refractivity (Wildman–Crippen MR) is 53.5 cm³/mol. The van der Waals surface area contributed by atoms with Gasteiger partial charge in [-0.3, -0.25) is 0 Å². The lowest BCUT2D eigenvalue weighted by molar-refractivity contribution is 0.360. The van der Waals surface area contributed by atoms with Gasteiger partial charge < -0.3 is 0 Å². The molecule has 0 amide bonds. The van der Waals surface area contributed by atoms with Crippen LogP contribution >= 0.6 is 10.2 Å². The van der Waals surface area contributed by atoms with Gasteiger partial charge in [0, 0.05) is 0 Å². The molecule has 0 aromatic carbocycles. The number of rotatable bonds is 3. The molecule has 1 fully saturated rings. The van der Waals surface area contributed by atoms with Crippen LogP contribution in [-0.4, -0.2) is 0 Å². The first-order valence-corrected chi connectivity index (χ1v) is 6.99. The monoisotopic (exact) mass is 250 g/mol. The molecule has 1 aliphatic carbocycles. The van der Waals surface area contributed by atoms with E-state index in [2.05, 4.69) is 0 Å². The Morgan fingerprint density at radius 3 is 1.93 bits per heavy atom. The maximum atomic E-state index is 11.9. The first-order chi connectivity index (χ1) is 6.55. The average molecular weight is 250 g/mol. The van der Waals surface area contributed by atoms with E-state index >= 15 is 0 Å². The van der Waals surface area contributed by atoms with Crippen LogP contribution in [0.2, 0.25) is 0 Å². The maximum absolute atomic E-state index is 11.9. The fraction of sp³-hybridized carbons (Fsp3) is 0.778. The molecular formula is C9H15F5S. The van der Waals surface area contributed by atoms with E-state index < -0.39 is 15.6 Å². The minimum Gasteiger partial charge on any atom is -0.0942 e. The zero-order chi connectivity index (χ0) is 11.6. The molecule has 0 unspecified atom stereocenters. The standard InChI is InChI=1S/C9H15F5S/c10-15(11,12,13,14)8-4-7-9-5-2-1-3-6-9/h4,8-9H,1-3,5-7H2/b8-4+. The molecule has 0 aromatic heterocycles. The zero-order valence-corrected chi connectivity index (χ0v) is 9.09. The third-order valence-corrected chi connectivity index (χ3v) is 3.25. The Labute approximate surface area is 86.3 Å². The molecule has 92 valence electrons. The van der Waals surface area contributed by atoms with E-state index in [1.165, 1.54) is 0 Å². The summed E-state index contributed by atoms with van der Waals surface area (Å²) in [6, 6.07) is 0. The van der Waals surface area contributed by atoms with Crippen molar-refractivity contribution in [1.82, 2.24) is 0 Å². The van der Waals surface area contributed by atoms with Gasteiger partial charge in [0.05, 0.1) is 5.41 Å². The SMILES string of the molecule is FS(F)(F)(F)(F)/C=C/CC1CCCCC1. The second-order valence-electron chi connectivity index (χ2n) is 4.14. The molecule has 0 heterocycles. The molecule has 1 aliphatic rings. The van der Waals surface area contributed by atoms with Crippen molar-refractivity contribution < 1.29 is 19.4 Å². The largest absolute Gasteiger partial charge is 0.304 e.